The molecule has 1 aliphatic rings. The average Bonchev–Trinajstić information content (AvgIpc) is 2.57. The highest BCUT2D eigenvalue weighted by molar-refractivity contribution is 8.02. The zero-order valence-electron chi connectivity index (χ0n) is 8.32. The second-order valence-electron chi connectivity index (χ2n) is 3.23. The smallest absolute Gasteiger partial charge is 0.327 e. The number of methoxy groups -OCH3 is 1. The molecule has 1 N–H and O–H groups in total. The molecule has 0 bridgehead atoms. The van der Waals surface area contributed by atoms with Crippen LogP contribution in [0.1, 0.15) is 19.3 Å². The molecule has 0 saturated carbocycles. The fraction of sp³-hybridized carbons (Fsp3) is 0.667. The van der Waals surface area contributed by atoms with E-state index < -0.39 is 16.7 Å². The lowest BCUT2D eigenvalue weighted by Crippen LogP contribution is -2.40. The van der Waals surface area contributed by atoms with E-state index in [9.17, 15) is 14.4 Å². The lowest BCUT2D eigenvalue weighted by molar-refractivity contribution is -0.144. The van der Waals surface area contributed by atoms with Gasteiger partial charge in [0.15, 0.2) is 10.5 Å². The average molecular weight is 232 g/mol. The second-order valence-corrected chi connectivity index (χ2v) is 4.62. The summed E-state index contributed by atoms with van der Waals surface area (Å²) in [5.74, 6) is -1.44. The van der Waals surface area contributed by atoms with Gasteiger partial charge in [0.05, 0.1) is 7.11 Å². The number of hydrogen-bond donors (Lipinski definition) is 1. The summed E-state index contributed by atoms with van der Waals surface area (Å²) in [7, 11) is 1.24. The molecule has 0 radical (unpaired) electrons. The first kappa shape index (κ1) is 12.0. The van der Waals surface area contributed by atoms with Gasteiger partial charge in [-0.15, -0.1) is 11.8 Å². The fourth-order valence-corrected chi connectivity index (χ4v) is 2.75. The van der Waals surface area contributed by atoms with Gasteiger partial charge in [-0.05, 0) is 6.42 Å². The van der Waals surface area contributed by atoms with E-state index in [0.717, 1.165) is 11.8 Å². The predicted octanol–water partition coefficient (Wildman–Crippen LogP) is 0.469. The number of ether oxygens (including phenoxy) is 1. The number of ketones is 1. The number of esters is 1. The van der Waals surface area contributed by atoms with Crippen LogP contribution in [0.25, 0.3) is 0 Å². The third kappa shape index (κ3) is 2.31. The number of hydrogen-bond acceptors (Lipinski definition) is 5. The predicted molar refractivity (Wildman–Crippen MR) is 53.7 cm³/mol. The van der Waals surface area contributed by atoms with E-state index in [1.165, 1.54) is 7.11 Å². The van der Waals surface area contributed by atoms with Crippen molar-refractivity contribution in [2.45, 2.75) is 24.0 Å². The maximum absolute atomic E-state index is 11.5. The number of Topliss-reactive ketones (excluding diaryl/α,β-unsaturated/α-hetero) is 1. The van der Waals surface area contributed by atoms with Crippen LogP contribution in [0.15, 0.2) is 0 Å². The molecule has 0 amide bonds. The van der Waals surface area contributed by atoms with E-state index in [-0.39, 0.29) is 25.0 Å². The van der Waals surface area contributed by atoms with Gasteiger partial charge in [0.25, 0.3) is 0 Å². The van der Waals surface area contributed by atoms with E-state index in [4.69, 9.17) is 5.11 Å². The van der Waals surface area contributed by atoms with Crippen molar-refractivity contribution in [2.24, 2.45) is 0 Å². The molecule has 15 heavy (non-hydrogen) atoms. The van der Waals surface area contributed by atoms with Gasteiger partial charge in [0, 0.05) is 18.6 Å². The summed E-state index contributed by atoms with van der Waals surface area (Å²) in [6.45, 7) is 0. The van der Waals surface area contributed by atoms with Crippen molar-refractivity contribution in [1.82, 2.24) is 0 Å². The minimum absolute atomic E-state index is 0.0124. The number of carboxylic acids is 1. The third-order valence-corrected chi connectivity index (χ3v) is 3.89. The molecule has 84 valence electrons. The van der Waals surface area contributed by atoms with E-state index in [2.05, 4.69) is 4.74 Å². The Labute approximate surface area is 91.2 Å². The Morgan fingerprint density at radius 2 is 2.27 bits per heavy atom. The fourth-order valence-electron chi connectivity index (χ4n) is 1.48. The van der Waals surface area contributed by atoms with Crippen molar-refractivity contribution >= 4 is 29.5 Å². The van der Waals surface area contributed by atoms with Crippen molar-refractivity contribution in [3.8, 4) is 0 Å². The zero-order valence-corrected chi connectivity index (χ0v) is 9.13. The molecule has 0 aromatic heterocycles. The van der Waals surface area contributed by atoms with E-state index in [0.29, 0.717) is 5.75 Å². The van der Waals surface area contributed by atoms with Crippen LogP contribution in [-0.4, -0.2) is 40.4 Å². The Hall–Kier alpha value is -1.04. The number of carbonyl (C=O) groups is 3. The number of aliphatic carboxylic acids is 1. The molecule has 1 aliphatic heterocycles. The molecule has 1 heterocycles. The Morgan fingerprint density at radius 3 is 2.67 bits per heavy atom. The van der Waals surface area contributed by atoms with Crippen molar-refractivity contribution in [2.75, 3.05) is 12.9 Å². The maximum Gasteiger partial charge on any atom is 0.327 e. The van der Waals surface area contributed by atoms with Gasteiger partial charge in [0.2, 0.25) is 0 Å². The first-order valence-electron chi connectivity index (χ1n) is 4.50. The summed E-state index contributed by atoms with van der Waals surface area (Å²) >= 11 is 1.10. The van der Waals surface area contributed by atoms with Crippen LogP contribution in [0.5, 0.6) is 0 Å². The minimum Gasteiger partial charge on any atom is -0.480 e. The van der Waals surface area contributed by atoms with Gasteiger partial charge in [-0.1, -0.05) is 0 Å². The lowest BCUT2D eigenvalue weighted by atomic mass is 9.96. The molecule has 0 aromatic carbocycles. The molecule has 1 saturated heterocycles. The van der Waals surface area contributed by atoms with Crippen molar-refractivity contribution in [3.63, 3.8) is 0 Å². The van der Waals surface area contributed by atoms with E-state index in [1.807, 2.05) is 0 Å². The molecule has 0 aliphatic carbocycles. The van der Waals surface area contributed by atoms with Crippen molar-refractivity contribution < 1.29 is 24.2 Å². The molecule has 0 unspecified atom stereocenters. The Bertz CT molecular complexity index is 301. The molecule has 1 rings (SSSR count). The zero-order chi connectivity index (χ0) is 11.5. The molecular formula is C9H12O5S. The summed E-state index contributed by atoms with van der Waals surface area (Å²) < 4.78 is 3.00. The summed E-state index contributed by atoms with van der Waals surface area (Å²) in [6.07, 6.45) is 0.234. The van der Waals surface area contributed by atoms with Gasteiger partial charge in [0.1, 0.15) is 0 Å². The number of carbonyl (C=O) groups excluding carboxylic acids is 2. The van der Waals surface area contributed by atoms with Crippen LogP contribution in [0.4, 0.5) is 0 Å². The van der Waals surface area contributed by atoms with E-state index in [1.54, 1.807) is 0 Å². The Morgan fingerprint density at radius 1 is 1.60 bits per heavy atom. The highest BCUT2D eigenvalue weighted by Crippen LogP contribution is 2.39. The van der Waals surface area contributed by atoms with Gasteiger partial charge in [-0.3, -0.25) is 14.4 Å². The van der Waals surface area contributed by atoms with Crippen molar-refractivity contribution in [1.29, 1.82) is 0 Å². The Kier molecular flexibility index (Phi) is 3.73. The molecule has 5 nitrogen and oxygen atoms in total. The van der Waals surface area contributed by atoms with Crippen LogP contribution >= 0.6 is 11.8 Å². The largest absolute Gasteiger partial charge is 0.480 e. The van der Waals surface area contributed by atoms with Gasteiger partial charge >= 0.3 is 11.9 Å². The highest BCUT2D eigenvalue weighted by atomic mass is 32.2. The standard InChI is InChI=1S/C9H12O5S/c1-14-7(11)2-4-9(8(12)13)6(10)3-5-15-9/h2-5H2,1H3,(H,12,13)/t9-/m1/s1. The third-order valence-electron chi connectivity index (χ3n) is 2.38. The SMILES string of the molecule is COC(=O)CC[C@@]1(C(=O)O)SCCC1=O. The Balaban J connectivity index is 2.71. The number of rotatable bonds is 4. The molecule has 0 spiro atoms. The van der Waals surface area contributed by atoms with Crippen LogP contribution in [0, 0.1) is 0 Å². The summed E-state index contributed by atoms with van der Waals surface area (Å²) in [5, 5.41) is 9.03. The van der Waals surface area contributed by atoms with Crippen LogP contribution in [0.3, 0.4) is 0 Å². The topological polar surface area (TPSA) is 80.7 Å². The molecule has 0 aromatic rings. The first-order chi connectivity index (χ1) is 7.03. The molecule has 1 fully saturated rings. The van der Waals surface area contributed by atoms with E-state index >= 15 is 0 Å². The minimum atomic E-state index is -1.42. The van der Waals surface area contributed by atoms with Gasteiger partial charge in [-0.25, -0.2) is 0 Å². The summed E-state index contributed by atoms with van der Waals surface area (Å²) in [5.41, 5.74) is 0. The summed E-state index contributed by atoms with van der Waals surface area (Å²) in [6, 6.07) is 0. The highest BCUT2D eigenvalue weighted by Gasteiger charge is 2.49. The normalized spacial score (nSPS) is 25.3. The van der Waals surface area contributed by atoms with Crippen molar-refractivity contribution in [3.05, 3.63) is 0 Å². The number of thioether (sulfide) groups is 1. The van der Waals surface area contributed by atoms with Crippen LogP contribution < -0.4 is 0 Å². The number of carboxylic acid groups (broad SMARTS) is 1. The molecule has 1 atom stereocenters. The maximum atomic E-state index is 11.5. The van der Waals surface area contributed by atoms with Crippen LogP contribution in [-0.2, 0) is 19.1 Å². The molecule has 6 heteroatoms. The second kappa shape index (κ2) is 4.65. The van der Waals surface area contributed by atoms with Gasteiger partial charge < -0.3 is 9.84 Å². The monoisotopic (exact) mass is 232 g/mol. The first-order valence-corrected chi connectivity index (χ1v) is 5.49. The van der Waals surface area contributed by atoms with Crippen LogP contribution in [0.2, 0.25) is 0 Å². The molecular weight excluding hydrogens is 220 g/mol. The summed E-state index contributed by atoms with van der Waals surface area (Å²) in [4.78, 5) is 33.4. The lowest BCUT2D eigenvalue weighted by Gasteiger charge is -2.20. The van der Waals surface area contributed by atoms with Gasteiger partial charge in [-0.2, -0.15) is 0 Å². The quantitative estimate of drug-likeness (QED) is 0.560.